The molecule has 0 aliphatic carbocycles. The average molecular weight is 312 g/mol. The molecule has 1 N–H and O–H groups in total. The van der Waals surface area contributed by atoms with Gasteiger partial charge in [0.1, 0.15) is 23.1 Å². The Morgan fingerprint density at radius 2 is 1.76 bits per heavy atom. The van der Waals surface area contributed by atoms with E-state index in [1.165, 1.54) is 13.0 Å². The van der Waals surface area contributed by atoms with Crippen molar-refractivity contribution < 1.29 is 18.3 Å². The molecule has 2 aromatic carbocycles. The lowest BCUT2D eigenvalue weighted by atomic mass is 10.2. The zero-order chi connectivity index (χ0) is 15.4. The van der Waals surface area contributed by atoms with E-state index in [1.807, 2.05) is 0 Å². The summed E-state index contributed by atoms with van der Waals surface area (Å²) in [5.41, 5.74) is -0.503. The molecule has 1 atom stereocenters. The van der Waals surface area contributed by atoms with Gasteiger partial charge in [-0.15, -0.1) is 0 Å². The Kier molecular flexibility index (Phi) is 4.75. The van der Waals surface area contributed by atoms with Crippen molar-refractivity contribution in [3.05, 3.63) is 59.1 Å². The Morgan fingerprint density at radius 3 is 2.38 bits per heavy atom. The second-order valence-corrected chi connectivity index (χ2v) is 4.68. The quantitative estimate of drug-likeness (QED) is 0.926. The fourth-order valence-corrected chi connectivity index (χ4v) is 1.81. The number of nitrogens with one attached hydrogen (secondary N) is 1. The predicted molar refractivity (Wildman–Crippen MR) is 76.5 cm³/mol. The van der Waals surface area contributed by atoms with Crippen LogP contribution in [0.25, 0.3) is 0 Å². The Balaban J connectivity index is 2.08. The lowest BCUT2D eigenvalue weighted by Gasteiger charge is -2.16. The molecule has 0 aliphatic rings. The molecule has 0 saturated heterocycles. The number of anilines is 1. The molecule has 0 heterocycles. The first kappa shape index (κ1) is 15.3. The third-order valence-electron chi connectivity index (χ3n) is 2.72. The minimum absolute atomic E-state index is 0.316. The zero-order valence-electron chi connectivity index (χ0n) is 11.1. The van der Waals surface area contributed by atoms with Gasteiger partial charge < -0.3 is 10.1 Å². The summed E-state index contributed by atoms with van der Waals surface area (Å²) in [6.07, 6.45) is -0.969. The Labute approximate surface area is 125 Å². The molecule has 2 aromatic rings. The smallest absolute Gasteiger partial charge is 0.265 e. The van der Waals surface area contributed by atoms with Crippen molar-refractivity contribution in [2.75, 3.05) is 5.32 Å². The van der Waals surface area contributed by atoms with Crippen LogP contribution in [0.3, 0.4) is 0 Å². The summed E-state index contributed by atoms with van der Waals surface area (Å²) in [6, 6.07) is 9.94. The topological polar surface area (TPSA) is 38.3 Å². The van der Waals surface area contributed by atoms with Crippen LogP contribution in [0.1, 0.15) is 6.92 Å². The highest BCUT2D eigenvalue weighted by molar-refractivity contribution is 6.32. The van der Waals surface area contributed by atoms with Gasteiger partial charge in [0.15, 0.2) is 6.10 Å². The minimum atomic E-state index is -0.969. The van der Waals surface area contributed by atoms with E-state index in [-0.39, 0.29) is 0 Å². The molecule has 0 aromatic heterocycles. The second-order valence-electron chi connectivity index (χ2n) is 4.28. The van der Waals surface area contributed by atoms with Gasteiger partial charge in [-0.25, -0.2) is 8.78 Å². The largest absolute Gasteiger partial charge is 0.479 e. The zero-order valence-corrected chi connectivity index (χ0v) is 11.8. The first-order valence-corrected chi connectivity index (χ1v) is 6.53. The molecule has 1 amide bonds. The van der Waals surface area contributed by atoms with Gasteiger partial charge in [-0.3, -0.25) is 4.79 Å². The summed E-state index contributed by atoms with van der Waals surface area (Å²) in [5, 5.41) is 2.50. The van der Waals surface area contributed by atoms with Gasteiger partial charge in [-0.1, -0.05) is 29.8 Å². The third kappa shape index (κ3) is 3.70. The van der Waals surface area contributed by atoms with E-state index in [0.717, 1.165) is 12.1 Å². The van der Waals surface area contributed by atoms with Crippen LogP contribution in [0.2, 0.25) is 5.02 Å². The normalized spacial score (nSPS) is 11.8. The molecule has 0 radical (unpaired) electrons. The van der Waals surface area contributed by atoms with Gasteiger partial charge in [0, 0.05) is 0 Å². The van der Waals surface area contributed by atoms with E-state index in [0.29, 0.717) is 10.8 Å². The lowest BCUT2D eigenvalue weighted by Crippen LogP contribution is -2.30. The van der Waals surface area contributed by atoms with Gasteiger partial charge in [-0.2, -0.15) is 0 Å². The monoisotopic (exact) mass is 311 g/mol. The molecule has 0 spiro atoms. The second kappa shape index (κ2) is 6.54. The van der Waals surface area contributed by atoms with Crippen LogP contribution in [0.15, 0.2) is 42.5 Å². The van der Waals surface area contributed by atoms with Gasteiger partial charge in [0.05, 0.1) is 5.02 Å². The van der Waals surface area contributed by atoms with Crippen LogP contribution >= 0.6 is 11.6 Å². The summed E-state index contributed by atoms with van der Waals surface area (Å²) in [7, 11) is 0. The SMILES string of the molecule is C[C@@H](Oc1ccccc1Cl)C(=O)Nc1c(F)cccc1F. The molecule has 0 aliphatic heterocycles. The Morgan fingerprint density at radius 1 is 1.14 bits per heavy atom. The minimum Gasteiger partial charge on any atom is -0.479 e. The highest BCUT2D eigenvalue weighted by Gasteiger charge is 2.19. The average Bonchev–Trinajstić information content (AvgIpc) is 2.45. The number of para-hydroxylation sites is 2. The van der Waals surface area contributed by atoms with Crippen molar-refractivity contribution in [3.8, 4) is 5.75 Å². The number of hydrogen-bond donors (Lipinski definition) is 1. The van der Waals surface area contributed by atoms with E-state index in [2.05, 4.69) is 5.32 Å². The molecular weight excluding hydrogens is 300 g/mol. The van der Waals surface area contributed by atoms with E-state index >= 15 is 0 Å². The molecule has 0 fully saturated rings. The molecule has 0 unspecified atom stereocenters. The molecule has 0 bridgehead atoms. The summed E-state index contributed by atoms with van der Waals surface area (Å²) >= 11 is 5.91. The maximum atomic E-state index is 13.4. The Hall–Kier alpha value is -2.14. The Bertz CT molecular complexity index is 644. The highest BCUT2D eigenvalue weighted by atomic mass is 35.5. The third-order valence-corrected chi connectivity index (χ3v) is 3.03. The number of amides is 1. The van der Waals surface area contributed by atoms with Crippen molar-refractivity contribution in [3.63, 3.8) is 0 Å². The number of rotatable bonds is 4. The molecular formula is C15H12ClF2NO2. The van der Waals surface area contributed by atoms with Crippen LogP contribution in [0, 0.1) is 11.6 Å². The van der Waals surface area contributed by atoms with Crippen LogP contribution in [0.4, 0.5) is 14.5 Å². The molecule has 0 saturated carbocycles. The molecule has 2 rings (SSSR count). The summed E-state index contributed by atoms with van der Waals surface area (Å²) in [4.78, 5) is 11.9. The van der Waals surface area contributed by atoms with E-state index in [1.54, 1.807) is 24.3 Å². The van der Waals surface area contributed by atoms with E-state index in [9.17, 15) is 13.6 Å². The van der Waals surface area contributed by atoms with Crippen molar-refractivity contribution in [2.24, 2.45) is 0 Å². The van der Waals surface area contributed by atoms with Crippen LogP contribution in [0.5, 0.6) is 5.75 Å². The van der Waals surface area contributed by atoms with Crippen molar-refractivity contribution in [1.29, 1.82) is 0 Å². The van der Waals surface area contributed by atoms with E-state index < -0.39 is 29.3 Å². The maximum absolute atomic E-state index is 13.4. The lowest BCUT2D eigenvalue weighted by molar-refractivity contribution is -0.122. The van der Waals surface area contributed by atoms with Gasteiger partial charge in [-0.05, 0) is 31.2 Å². The van der Waals surface area contributed by atoms with Crippen LogP contribution < -0.4 is 10.1 Å². The van der Waals surface area contributed by atoms with Gasteiger partial charge in [0.25, 0.3) is 5.91 Å². The molecule has 21 heavy (non-hydrogen) atoms. The van der Waals surface area contributed by atoms with Crippen molar-refractivity contribution >= 4 is 23.2 Å². The molecule has 110 valence electrons. The van der Waals surface area contributed by atoms with Gasteiger partial charge in [0.2, 0.25) is 0 Å². The van der Waals surface area contributed by atoms with Crippen molar-refractivity contribution in [2.45, 2.75) is 13.0 Å². The molecule has 3 nitrogen and oxygen atoms in total. The summed E-state index contributed by atoms with van der Waals surface area (Å²) in [6.45, 7) is 1.46. The van der Waals surface area contributed by atoms with E-state index in [4.69, 9.17) is 16.3 Å². The fourth-order valence-electron chi connectivity index (χ4n) is 1.63. The number of carbonyl (C=O) groups excluding carboxylic acids is 1. The maximum Gasteiger partial charge on any atom is 0.265 e. The fraction of sp³-hybridized carbons (Fsp3) is 0.133. The van der Waals surface area contributed by atoms with Gasteiger partial charge >= 0.3 is 0 Å². The van der Waals surface area contributed by atoms with Crippen LogP contribution in [-0.2, 0) is 4.79 Å². The molecule has 6 heteroatoms. The first-order chi connectivity index (χ1) is 9.99. The standard InChI is InChI=1S/C15H12ClF2NO2/c1-9(21-13-8-3-2-5-10(13)16)15(20)19-14-11(17)6-4-7-12(14)18/h2-9H,1H3,(H,19,20)/t9-/m1/s1. The highest BCUT2D eigenvalue weighted by Crippen LogP contribution is 2.25. The number of ether oxygens (including phenoxy) is 1. The van der Waals surface area contributed by atoms with Crippen molar-refractivity contribution in [1.82, 2.24) is 0 Å². The number of benzene rings is 2. The first-order valence-electron chi connectivity index (χ1n) is 6.15. The van der Waals surface area contributed by atoms with Crippen LogP contribution in [-0.4, -0.2) is 12.0 Å². The summed E-state index contributed by atoms with van der Waals surface area (Å²) < 4.78 is 32.3. The number of halogens is 3. The summed E-state index contributed by atoms with van der Waals surface area (Å²) in [5.74, 6) is -2.07. The number of carbonyl (C=O) groups is 1. The predicted octanol–water partition coefficient (Wildman–Crippen LogP) is 4.02. The number of hydrogen-bond acceptors (Lipinski definition) is 2.